The summed E-state index contributed by atoms with van der Waals surface area (Å²) in [4.78, 5) is 11.7. The quantitative estimate of drug-likeness (QED) is 0.469. The molecular formula is C13H20N4O. The van der Waals surface area contributed by atoms with Crippen LogP contribution in [0.25, 0.3) is 0 Å². The molecule has 0 aromatic heterocycles. The molecule has 0 fully saturated rings. The summed E-state index contributed by atoms with van der Waals surface area (Å²) in [6, 6.07) is 8.89. The Kier molecular flexibility index (Phi) is 5.17. The molecule has 1 aromatic rings. The lowest BCUT2D eigenvalue weighted by Crippen LogP contribution is -2.50. The van der Waals surface area contributed by atoms with Crippen molar-refractivity contribution in [3.63, 3.8) is 0 Å². The third-order valence-electron chi connectivity index (χ3n) is 2.58. The van der Waals surface area contributed by atoms with Gasteiger partial charge >= 0.3 is 6.03 Å². The summed E-state index contributed by atoms with van der Waals surface area (Å²) in [6.07, 6.45) is 0. The summed E-state index contributed by atoms with van der Waals surface area (Å²) in [7, 11) is 0. The van der Waals surface area contributed by atoms with Crippen LogP contribution in [0.2, 0.25) is 0 Å². The van der Waals surface area contributed by atoms with Crippen LogP contribution in [0.3, 0.4) is 0 Å². The highest BCUT2D eigenvalue weighted by atomic mass is 16.2. The number of urea groups is 1. The van der Waals surface area contributed by atoms with Crippen LogP contribution in [-0.2, 0) is 6.54 Å². The van der Waals surface area contributed by atoms with Gasteiger partial charge in [0.05, 0.1) is 6.04 Å². The van der Waals surface area contributed by atoms with Gasteiger partial charge in [-0.05, 0) is 11.5 Å². The molecule has 1 aromatic carbocycles. The third kappa shape index (κ3) is 4.45. The Morgan fingerprint density at radius 2 is 1.94 bits per heavy atom. The van der Waals surface area contributed by atoms with E-state index in [4.69, 9.17) is 11.1 Å². The molecule has 5 heteroatoms. The SMILES string of the molecule is CC(C)C(NC(=O)NCc1ccccc1)C(=N)N. The molecule has 0 aliphatic heterocycles. The molecule has 5 N–H and O–H groups in total. The van der Waals surface area contributed by atoms with Gasteiger partial charge in [-0.3, -0.25) is 5.41 Å². The van der Waals surface area contributed by atoms with Gasteiger partial charge in [-0.2, -0.15) is 0 Å². The summed E-state index contributed by atoms with van der Waals surface area (Å²) >= 11 is 0. The van der Waals surface area contributed by atoms with E-state index in [9.17, 15) is 4.79 Å². The molecule has 0 heterocycles. The molecule has 2 amide bonds. The summed E-state index contributed by atoms with van der Waals surface area (Å²) in [5, 5.41) is 12.8. The van der Waals surface area contributed by atoms with Gasteiger partial charge in [0.2, 0.25) is 0 Å². The molecule has 0 saturated carbocycles. The molecule has 0 bridgehead atoms. The largest absolute Gasteiger partial charge is 0.386 e. The van der Waals surface area contributed by atoms with Crippen LogP contribution in [0.1, 0.15) is 19.4 Å². The minimum absolute atomic E-state index is 0.0279. The number of carbonyl (C=O) groups excluding carboxylic acids is 1. The van der Waals surface area contributed by atoms with Crippen LogP contribution < -0.4 is 16.4 Å². The number of nitrogens with two attached hydrogens (primary N) is 1. The summed E-state index contributed by atoms with van der Waals surface area (Å²) in [6.45, 7) is 4.27. The number of amidine groups is 1. The third-order valence-corrected chi connectivity index (χ3v) is 2.58. The highest BCUT2D eigenvalue weighted by molar-refractivity contribution is 5.87. The fourth-order valence-electron chi connectivity index (χ4n) is 1.57. The summed E-state index contributed by atoms with van der Waals surface area (Å²) in [5.74, 6) is 0.0600. The van der Waals surface area contributed by atoms with Crippen molar-refractivity contribution in [2.75, 3.05) is 0 Å². The van der Waals surface area contributed by atoms with Gasteiger partial charge in [0.25, 0.3) is 0 Å². The molecular weight excluding hydrogens is 228 g/mol. The van der Waals surface area contributed by atoms with Gasteiger partial charge in [0, 0.05) is 6.54 Å². The first-order chi connectivity index (χ1) is 8.50. The lowest BCUT2D eigenvalue weighted by molar-refractivity contribution is 0.236. The Balaban J connectivity index is 2.44. The van der Waals surface area contributed by atoms with E-state index in [0.29, 0.717) is 6.54 Å². The zero-order chi connectivity index (χ0) is 13.5. The second-order valence-corrected chi connectivity index (χ2v) is 4.49. The van der Waals surface area contributed by atoms with E-state index in [-0.39, 0.29) is 17.8 Å². The van der Waals surface area contributed by atoms with E-state index in [1.54, 1.807) is 0 Å². The number of carbonyl (C=O) groups is 1. The first-order valence-corrected chi connectivity index (χ1v) is 5.93. The van der Waals surface area contributed by atoms with Crippen LogP contribution in [0.15, 0.2) is 30.3 Å². The van der Waals surface area contributed by atoms with E-state index in [0.717, 1.165) is 5.56 Å². The molecule has 1 atom stereocenters. The average molecular weight is 248 g/mol. The van der Waals surface area contributed by atoms with Crippen LogP contribution in [0, 0.1) is 11.3 Å². The Morgan fingerprint density at radius 3 is 2.44 bits per heavy atom. The Bertz CT molecular complexity index is 403. The number of hydrogen-bond acceptors (Lipinski definition) is 2. The minimum Gasteiger partial charge on any atom is -0.386 e. The average Bonchev–Trinajstić information content (AvgIpc) is 2.34. The topological polar surface area (TPSA) is 91.0 Å². The number of amides is 2. The molecule has 0 aliphatic rings. The number of rotatable bonds is 5. The first-order valence-electron chi connectivity index (χ1n) is 5.93. The maximum absolute atomic E-state index is 11.7. The van der Waals surface area contributed by atoms with Gasteiger partial charge in [0.1, 0.15) is 5.84 Å². The number of benzene rings is 1. The predicted molar refractivity (Wildman–Crippen MR) is 72.4 cm³/mol. The zero-order valence-corrected chi connectivity index (χ0v) is 10.7. The van der Waals surface area contributed by atoms with Crippen LogP contribution in [-0.4, -0.2) is 17.9 Å². The molecule has 18 heavy (non-hydrogen) atoms. The molecule has 98 valence electrons. The van der Waals surface area contributed by atoms with E-state index in [1.807, 2.05) is 44.2 Å². The van der Waals surface area contributed by atoms with Gasteiger partial charge in [-0.1, -0.05) is 44.2 Å². The normalized spacial score (nSPS) is 11.9. The Morgan fingerprint density at radius 1 is 1.33 bits per heavy atom. The van der Waals surface area contributed by atoms with E-state index < -0.39 is 6.04 Å². The molecule has 0 radical (unpaired) electrons. The van der Waals surface area contributed by atoms with Crippen molar-refractivity contribution in [3.05, 3.63) is 35.9 Å². The standard InChI is InChI=1S/C13H20N4O/c1-9(2)11(12(14)15)17-13(18)16-8-10-6-4-3-5-7-10/h3-7,9,11H,8H2,1-2H3,(H3,14,15)(H2,16,17,18). The number of hydrogen-bond donors (Lipinski definition) is 4. The van der Waals surface area contributed by atoms with Crippen molar-refractivity contribution >= 4 is 11.9 Å². The van der Waals surface area contributed by atoms with Crippen molar-refractivity contribution in [3.8, 4) is 0 Å². The summed E-state index contributed by atoms with van der Waals surface area (Å²) in [5.41, 5.74) is 6.46. The monoisotopic (exact) mass is 248 g/mol. The van der Waals surface area contributed by atoms with Gasteiger partial charge in [0.15, 0.2) is 0 Å². The van der Waals surface area contributed by atoms with Gasteiger partial charge < -0.3 is 16.4 Å². The fraction of sp³-hybridized carbons (Fsp3) is 0.385. The zero-order valence-electron chi connectivity index (χ0n) is 10.7. The maximum Gasteiger partial charge on any atom is 0.315 e. The maximum atomic E-state index is 11.7. The molecule has 0 aliphatic carbocycles. The van der Waals surface area contributed by atoms with E-state index in [2.05, 4.69) is 10.6 Å². The molecule has 1 unspecified atom stereocenters. The summed E-state index contributed by atoms with van der Waals surface area (Å²) < 4.78 is 0. The molecule has 0 spiro atoms. The highest BCUT2D eigenvalue weighted by Crippen LogP contribution is 2.01. The smallest absolute Gasteiger partial charge is 0.315 e. The van der Waals surface area contributed by atoms with Crippen molar-refractivity contribution < 1.29 is 4.79 Å². The Hall–Kier alpha value is -2.04. The van der Waals surface area contributed by atoms with Crippen LogP contribution >= 0.6 is 0 Å². The second kappa shape index (κ2) is 6.64. The predicted octanol–water partition coefficient (Wildman–Crippen LogP) is 1.45. The lowest BCUT2D eigenvalue weighted by Gasteiger charge is -2.21. The van der Waals surface area contributed by atoms with Crippen LogP contribution in [0.4, 0.5) is 4.79 Å². The number of nitrogens with one attached hydrogen (secondary N) is 3. The highest BCUT2D eigenvalue weighted by Gasteiger charge is 2.18. The van der Waals surface area contributed by atoms with E-state index >= 15 is 0 Å². The van der Waals surface area contributed by atoms with Crippen molar-refractivity contribution in [2.45, 2.75) is 26.4 Å². The van der Waals surface area contributed by atoms with Gasteiger partial charge in [-0.15, -0.1) is 0 Å². The van der Waals surface area contributed by atoms with Gasteiger partial charge in [-0.25, -0.2) is 4.79 Å². The fourth-order valence-corrected chi connectivity index (χ4v) is 1.57. The van der Waals surface area contributed by atoms with Crippen molar-refractivity contribution in [2.24, 2.45) is 11.7 Å². The molecule has 0 saturated heterocycles. The van der Waals surface area contributed by atoms with E-state index in [1.165, 1.54) is 0 Å². The van der Waals surface area contributed by atoms with Crippen molar-refractivity contribution in [1.82, 2.24) is 10.6 Å². The second-order valence-electron chi connectivity index (χ2n) is 4.49. The lowest BCUT2D eigenvalue weighted by atomic mass is 10.0. The molecule has 1 rings (SSSR count). The molecule has 5 nitrogen and oxygen atoms in total. The first kappa shape index (κ1) is 14.0. The minimum atomic E-state index is -0.430. The van der Waals surface area contributed by atoms with Crippen molar-refractivity contribution in [1.29, 1.82) is 5.41 Å². The van der Waals surface area contributed by atoms with Crippen LogP contribution in [0.5, 0.6) is 0 Å². The Labute approximate surface area is 107 Å².